The lowest BCUT2D eigenvalue weighted by molar-refractivity contribution is -0.137. The number of guanidine groups is 1. The summed E-state index contributed by atoms with van der Waals surface area (Å²) >= 11 is 0. The molecular formula is C20H31F3IN5O. The first-order valence-electron chi connectivity index (χ1n) is 9.97. The molecule has 0 aliphatic carbocycles. The Morgan fingerprint density at radius 1 is 1.33 bits per heavy atom. The van der Waals surface area contributed by atoms with Gasteiger partial charge in [-0.15, -0.1) is 24.0 Å². The molecular weight excluding hydrogens is 510 g/mol. The van der Waals surface area contributed by atoms with E-state index >= 15 is 0 Å². The topological polar surface area (TPSA) is 82.8 Å². The van der Waals surface area contributed by atoms with Gasteiger partial charge in [-0.1, -0.05) is 25.1 Å². The Labute approximate surface area is 192 Å². The number of halogens is 4. The maximum Gasteiger partial charge on any atom is 0.416 e. The van der Waals surface area contributed by atoms with Crippen molar-refractivity contribution in [1.29, 1.82) is 0 Å². The minimum absolute atomic E-state index is 0. The smallest absolute Gasteiger partial charge is 0.357 e. The molecule has 0 saturated carbocycles. The third kappa shape index (κ3) is 8.19. The number of aliphatic imine (C=N–C) groups is 1. The number of likely N-dealkylation sites (tertiary alicyclic amines) is 1. The van der Waals surface area contributed by atoms with Gasteiger partial charge in [0.2, 0.25) is 0 Å². The Bertz CT molecular complexity index is 706. The predicted molar refractivity (Wildman–Crippen MR) is 123 cm³/mol. The maximum absolute atomic E-state index is 12.9. The number of nitrogens with one attached hydrogen (secondary N) is 2. The monoisotopic (exact) mass is 541 g/mol. The fourth-order valence-corrected chi connectivity index (χ4v) is 3.32. The number of urea groups is 1. The van der Waals surface area contributed by atoms with Crippen molar-refractivity contribution >= 4 is 36.0 Å². The lowest BCUT2D eigenvalue weighted by atomic mass is 9.96. The average molecular weight is 541 g/mol. The largest absolute Gasteiger partial charge is 0.416 e. The Kier molecular flexibility index (Phi) is 10.7. The van der Waals surface area contributed by atoms with Crippen molar-refractivity contribution in [3.63, 3.8) is 0 Å². The summed E-state index contributed by atoms with van der Waals surface area (Å²) in [5.41, 5.74) is 5.34. The molecule has 2 rings (SSSR count). The van der Waals surface area contributed by atoms with Gasteiger partial charge in [0.1, 0.15) is 0 Å². The van der Waals surface area contributed by atoms with E-state index in [9.17, 15) is 18.0 Å². The fourth-order valence-electron chi connectivity index (χ4n) is 3.32. The SMILES string of the molecule is CCNC(=NCCC(C)c1cccc(C(F)(F)F)c1)NC1CCN(C(N)=O)CC1.I. The molecule has 1 saturated heterocycles. The Balaban J connectivity index is 0.00000450. The summed E-state index contributed by atoms with van der Waals surface area (Å²) in [6, 6.07) is 5.27. The first-order chi connectivity index (χ1) is 13.7. The molecule has 170 valence electrons. The van der Waals surface area contributed by atoms with Crippen LogP contribution in [0.25, 0.3) is 0 Å². The number of alkyl halides is 3. The third-order valence-corrected chi connectivity index (χ3v) is 5.11. The number of carbonyl (C=O) groups excluding carboxylic acids is 1. The first-order valence-corrected chi connectivity index (χ1v) is 9.97. The van der Waals surface area contributed by atoms with Gasteiger partial charge in [-0.2, -0.15) is 13.2 Å². The van der Waals surface area contributed by atoms with Gasteiger partial charge in [0.15, 0.2) is 5.96 Å². The van der Waals surface area contributed by atoms with Gasteiger partial charge < -0.3 is 21.3 Å². The summed E-state index contributed by atoms with van der Waals surface area (Å²) in [6.07, 6.45) is -2.12. The molecule has 0 bridgehead atoms. The molecule has 10 heteroatoms. The van der Waals surface area contributed by atoms with Crippen molar-refractivity contribution in [3.05, 3.63) is 35.4 Å². The van der Waals surface area contributed by atoms with E-state index in [-0.39, 0.29) is 35.9 Å². The van der Waals surface area contributed by atoms with Gasteiger partial charge in [0.05, 0.1) is 5.56 Å². The number of nitrogens with two attached hydrogens (primary N) is 1. The zero-order valence-corrected chi connectivity index (χ0v) is 19.7. The van der Waals surface area contributed by atoms with E-state index in [1.807, 2.05) is 13.8 Å². The van der Waals surface area contributed by atoms with Gasteiger partial charge in [0, 0.05) is 32.2 Å². The van der Waals surface area contributed by atoms with Crippen LogP contribution in [0.2, 0.25) is 0 Å². The standard InChI is InChI=1S/C20H30F3N5O.HI/c1-3-25-19(27-17-8-11-28(12-9-17)18(24)29)26-10-7-14(2)15-5-4-6-16(13-15)20(21,22)23;/h4-6,13-14,17H,3,7-12H2,1-2H3,(H2,24,29)(H2,25,26,27);1H. The van der Waals surface area contributed by atoms with E-state index in [1.165, 1.54) is 12.1 Å². The minimum atomic E-state index is -4.33. The number of benzene rings is 1. The summed E-state index contributed by atoms with van der Waals surface area (Å²) in [6.45, 7) is 6.29. The molecule has 4 N–H and O–H groups in total. The molecule has 1 aromatic rings. The number of hydrogen-bond donors (Lipinski definition) is 3. The molecule has 1 atom stereocenters. The number of amides is 2. The number of nitrogens with zero attached hydrogens (tertiary/aromatic N) is 2. The van der Waals surface area contributed by atoms with E-state index in [2.05, 4.69) is 15.6 Å². The van der Waals surface area contributed by atoms with Crippen LogP contribution in [0.4, 0.5) is 18.0 Å². The molecule has 1 aliphatic heterocycles. The maximum atomic E-state index is 12.9. The third-order valence-electron chi connectivity index (χ3n) is 5.11. The second-order valence-corrected chi connectivity index (χ2v) is 7.32. The van der Waals surface area contributed by atoms with Crippen LogP contribution >= 0.6 is 24.0 Å². The van der Waals surface area contributed by atoms with Crippen LogP contribution in [-0.4, -0.2) is 49.1 Å². The van der Waals surface area contributed by atoms with E-state index < -0.39 is 17.8 Å². The number of carbonyl (C=O) groups is 1. The summed E-state index contributed by atoms with van der Waals surface area (Å²) in [5, 5.41) is 6.56. The average Bonchev–Trinajstić information content (AvgIpc) is 2.68. The normalized spacial score (nSPS) is 16.6. The van der Waals surface area contributed by atoms with Crippen LogP contribution in [0.3, 0.4) is 0 Å². The van der Waals surface area contributed by atoms with Gasteiger partial charge in [0.25, 0.3) is 0 Å². The van der Waals surface area contributed by atoms with Crippen molar-refractivity contribution in [2.75, 3.05) is 26.2 Å². The second kappa shape index (κ2) is 12.2. The van der Waals surface area contributed by atoms with Crippen LogP contribution in [0.1, 0.15) is 50.2 Å². The molecule has 1 unspecified atom stereocenters. The van der Waals surface area contributed by atoms with Crippen LogP contribution in [0.5, 0.6) is 0 Å². The lowest BCUT2D eigenvalue weighted by Gasteiger charge is -2.32. The van der Waals surface area contributed by atoms with Crippen molar-refractivity contribution in [2.45, 2.75) is 51.2 Å². The Morgan fingerprint density at radius 3 is 2.57 bits per heavy atom. The minimum Gasteiger partial charge on any atom is -0.357 e. The number of rotatable bonds is 6. The zero-order chi connectivity index (χ0) is 21.4. The van der Waals surface area contributed by atoms with Crippen LogP contribution in [0.15, 0.2) is 29.3 Å². The molecule has 2 amide bonds. The quantitative estimate of drug-likeness (QED) is 0.290. The molecule has 30 heavy (non-hydrogen) atoms. The van der Waals surface area contributed by atoms with Crippen LogP contribution < -0.4 is 16.4 Å². The van der Waals surface area contributed by atoms with Gasteiger partial charge in [-0.05, 0) is 43.7 Å². The van der Waals surface area contributed by atoms with Crippen molar-refractivity contribution in [3.8, 4) is 0 Å². The molecule has 0 spiro atoms. The lowest BCUT2D eigenvalue weighted by Crippen LogP contribution is -2.50. The highest BCUT2D eigenvalue weighted by atomic mass is 127. The van der Waals surface area contributed by atoms with Crippen LogP contribution in [0, 0.1) is 0 Å². The van der Waals surface area contributed by atoms with E-state index in [0.29, 0.717) is 44.1 Å². The molecule has 0 radical (unpaired) electrons. The molecule has 1 heterocycles. The first kappa shape index (κ1) is 26.3. The highest BCUT2D eigenvalue weighted by Gasteiger charge is 2.30. The molecule has 1 aliphatic rings. The highest BCUT2D eigenvalue weighted by molar-refractivity contribution is 14.0. The van der Waals surface area contributed by atoms with Crippen molar-refractivity contribution in [1.82, 2.24) is 15.5 Å². The zero-order valence-electron chi connectivity index (χ0n) is 17.3. The Morgan fingerprint density at radius 2 is 2.00 bits per heavy atom. The Hall–Kier alpha value is -1.72. The van der Waals surface area contributed by atoms with Crippen molar-refractivity contribution < 1.29 is 18.0 Å². The molecule has 1 aromatic carbocycles. The van der Waals surface area contributed by atoms with E-state index in [0.717, 1.165) is 18.9 Å². The summed E-state index contributed by atoms with van der Waals surface area (Å²) < 4.78 is 38.7. The summed E-state index contributed by atoms with van der Waals surface area (Å²) in [7, 11) is 0. The van der Waals surface area contributed by atoms with Gasteiger partial charge in [-0.25, -0.2) is 4.79 Å². The number of primary amides is 1. The van der Waals surface area contributed by atoms with Gasteiger partial charge >= 0.3 is 12.2 Å². The molecule has 1 fully saturated rings. The van der Waals surface area contributed by atoms with Gasteiger partial charge in [-0.3, -0.25) is 4.99 Å². The van der Waals surface area contributed by atoms with E-state index in [1.54, 1.807) is 11.0 Å². The second-order valence-electron chi connectivity index (χ2n) is 7.32. The molecule has 6 nitrogen and oxygen atoms in total. The van der Waals surface area contributed by atoms with Crippen LogP contribution in [-0.2, 0) is 6.18 Å². The number of piperidine rings is 1. The fraction of sp³-hybridized carbons (Fsp3) is 0.600. The molecule has 0 aromatic heterocycles. The highest BCUT2D eigenvalue weighted by Crippen LogP contribution is 2.31. The predicted octanol–water partition coefficient (Wildman–Crippen LogP) is 3.92. The number of hydrogen-bond acceptors (Lipinski definition) is 2. The summed E-state index contributed by atoms with van der Waals surface area (Å²) in [5.74, 6) is 0.643. The van der Waals surface area contributed by atoms with Crippen molar-refractivity contribution in [2.24, 2.45) is 10.7 Å². The van der Waals surface area contributed by atoms with E-state index in [4.69, 9.17) is 5.73 Å². The summed E-state index contributed by atoms with van der Waals surface area (Å²) in [4.78, 5) is 17.4.